The molecule has 34 heavy (non-hydrogen) atoms. The summed E-state index contributed by atoms with van der Waals surface area (Å²) in [6.07, 6.45) is 6.67. The number of methoxy groups -OCH3 is 1. The molecule has 0 saturated carbocycles. The second-order valence-electron chi connectivity index (χ2n) is 9.78. The first-order chi connectivity index (χ1) is 16.2. The third kappa shape index (κ3) is 5.04. The third-order valence-corrected chi connectivity index (χ3v) is 6.41. The molecule has 1 aromatic carbocycles. The van der Waals surface area contributed by atoms with Gasteiger partial charge in [-0.2, -0.15) is 5.10 Å². The zero-order chi connectivity index (χ0) is 24.5. The molecule has 9 heteroatoms. The van der Waals surface area contributed by atoms with Crippen LogP contribution in [0.3, 0.4) is 0 Å². The second kappa shape index (κ2) is 9.66. The summed E-state index contributed by atoms with van der Waals surface area (Å²) in [5, 5.41) is 14.6. The van der Waals surface area contributed by atoms with E-state index >= 15 is 0 Å². The smallest absolute Gasteiger partial charge is 0.414 e. The summed E-state index contributed by atoms with van der Waals surface area (Å²) in [6.45, 7) is 7.26. The van der Waals surface area contributed by atoms with Crippen molar-refractivity contribution in [3.63, 3.8) is 0 Å². The number of amides is 2. The van der Waals surface area contributed by atoms with E-state index in [-0.39, 0.29) is 18.6 Å². The molecular formula is C25H34N4O5. The van der Waals surface area contributed by atoms with Gasteiger partial charge in [0.15, 0.2) is 6.61 Å². The lowest BCUT2D eigenvalue weighted by molar-refractivity contribution is -0.132. The van der Waals surface area contributed by atoms with Gasteiger partial charge in [-0.05, 0) is 58.6 Å². The molecule has 2 amide bonds. The molecule has 0 bridgehead atoms. The van der Waals surface area contributed by atoms with Crippen molar-refractivity contribution in [2.75, 3.05) is 31.7 Å². The molecule has 0 aliphatic carbocycles. The van der Waals surface area contributed by atoms with Gasteiger partial charge < -0.3 is 19.5 Å². The van der Waals surface area contributed by atoms with E-state index in [1.807, 2.05) is 30.2 Å². The van der Waals surface area contributed by atoms with Gasteiger partial charge in [-0.1, -0.05) is 0 Å². The molecular weight excluding hydrogens is 436 g/mol. The number of hydrogen-bond acceptors (Lipinski definition) is 6. The number of hydrogen-bond donors (Lipinski definition) is 1. The van der Waals surface area contributed by atoms with Crippen LogP contribution in [-0.4, -0.2) is 70.2 Å². The summed E-state index contributed by atoms with van der Waals surface area (Å²) < 4.78 is 12.9. The van der Waals surface area contributed by atoms with Crippen molar-refractivity contribution in [2.24, 2.45) is 0 Å². The lowest BCUT2D eigenvalue weighted by Gasteiger charge is -2.35. The first-order valence-electron chi connectivity index (χ1n) is 11.9. The Kier molecular flexibility index (Phi) is 6.84. The van der Waals surface area contributed by atoms with Crippen molar-refractivity contribution in [1.29, 1.82) is 0 Å². The van der Waals surface area contributed by atoms with Crippen LogP contribution in [0.1, 0.15) is 45.6 Å². The number of aromatic nitrogens is 2. The van der Waals surface area contributed by atoms with Crippen LogP contribution in [0.4, 0.5) is 10.5 Å². The first-order valence-corrected chi connectivity index (χ1v) is 11.9. The number of fused-ring (bicyclic) bond motifs is 1. The Balaban J connectivity index is 1.72. The Hall–Kier alpha value is -3.07. The minimum Gasteiger partial charge on any atom is -0.483 e. The molecule has 0 radical (unpaired) electrons. The van der Waals surface area contributed by atoms with Gasteiger partial charge in [0.1, 0.15) is 5.75 Å². The van der Waals surface area contributed by atoms with Gasteiger partial charge in [-0.25, -0.2) is 4.79 Å². The summed E-state index contributed by atoms with van der Waals surface area (Å²) in [4.78, 5) is 28.8. The molecule has 1 atom stereocenters. The standard InChI is InChI=1S/C25H34N4O5/c1-17-7-8-20-21(29(17)24(31)33-4)10-9-19(18-13-26-28(14-18)16-25(2,3)32)23(20)34-15-22(30)27-11-5-6-12-27/h9-10,13-14,17,32H,5-8,11-12,15-16H2,1-4H3. The summed E-state index contributed by atoms with van der Waals surface area (Å²) in [7, 11) is 1.38. The minimum atomic E-state index is -0.905. The van der Waals surface area contributed by atoms with Gasteiger partial charge in [-0.3, -0.25) is 14.4 Å². The molecule has 184 valence electrons. The maximum absolute atomic E-state index is 12.7. The molecule has 1 unspecified atom stereocenters. The SMILES string of the molecule is COC(=O)N1c2ccc(-c3cnn(CC(C)(C)O)c3)c(OCC(=O)N3CCCC3)c2CCC1C. The van der Waals surface area contributed by atoms with Crippen molar-refractivity contribution >= 4 is 17.7 Å². The Morgan fingerprint density at radius 3 is 2.65 bits per heavy atom. The molecule has 1 saturated heterocycles. The maximum Gasteiger partial charge on any atom is 0.414 e. The molecule has 9 nitrogen and oxygen atoms in total. The molecule has 2 aromatic rings. The normalized spacial score (nSPS) is 18.1. The van der Waals surface area contributed by atoms with E-state index in [1.54, 1.807) is 29.6 Å². The van der Waals surface area contributed by atoms with Crippen LogP contribution >= 0.6 is 0 Å². The predicted molar refractivity (Wildman–Crippen MR) is 128 cm³/mol. The van der Waals surface area contributed by atoms with Crippen LogP contribution in [0.5, 0.6) is 5.75 Å². The van der Waals surface area contributed by atoms with Crippen LogP contribution < -0.4 is 9.64 Å². The third-order valence-electron chi connectivity index (χ3n) is 6.41. The number of likely N-dealkylation sites (tertiary alicyclic amines) is 1. The molecule has 2 aliphatic heterocycles. The van der Waals surface area contributed by atoms with E-state index in [4.69, 9.17) is 9.47 Å². The average Bonchev–Trinajstić information content (AvgIpc) is 3.48. The van der Waals surface area contributed by atoms with Gasteiger partial charge in [-0.15, -0.1) is 0 Å². The van der Waals surface area contributed by atoms with Gasteiger partial charge in [0.25, 0.3) is 5.91 Å². The quantitative estimate of drug-likeness (QED) is 0.696. The molecule has 4 rings (SSSR count). The van der Waals surface area contributed by atoms with E-state index in [0.717, 1.165) is 54.7 Å². The number of aliphatic hydroxyl groups is 1. The van der Waals surface area contributed by atoms with Crippen LogP contribution in [0.25, 0.3) is 11.1 Å². The lowest BCUT2D eigenvalue weighted by atomic mass is 9.92. The molecule has 2 aliphatic rings. The highest BCUT2D eigenvalue weighted by Crippen LogP contribution is 2.43. The fourth-order valence-corrected chi connectivity index (χ4v) is 4.75. The number of ether oxygens (including phenoxy) is 2. The van der Waals surface area contributed by atoms with E-state index < -0.39 is 11.7 Å². The number of anilines is 1. The molecule has 1 aromatic heterocycles. The molecule has 0 spiro atoms. The van der Waals surface area contributed by atoms with Crippen molar-refractivity contribution in [3.8, 4) is 16.9 Å². The highest BCUT2D eigenvalue weighted by molar-refractivity contribution is 5.92. The fraction of sp³-hybridized carbons (Fsp3) is 0.560. The Labute approximate surface area is 200 Å². The van der Waals surface area contributed by atoms with E-state index in [1.165, 1.54) is 7.11 Å². The maximum atomic E-state index is 12.7. The fourth-order valence-electron chi connectivity index (χ4n) is 4.75. The van der Waals surface area contributed by atoms with Crippen molar-refractivity contribution in [2.45, 2.75) is 64.6 Å². The van der Waals surface area contributed by atoms with E-state index in [0.29, 0.717) is 18.7 Å². The predicted octanol–water partition coefficient (Wildman–Crippen LogP) is 3.23. The van der Waals surface area contributed by atoms with E-state index in [2.05, 4.69) is 5.10 Å². The zero-order valence-corrected chi connectivity index (χ0v) is 20.4. The number of nitrogens with zero attached hydrogens (tertiary/aromatic N) is 4. The van der Waals surface area contributed by atoms with Gasteiger partial charge in [0.2, 0.25) is 0 Å². The number of carbonyl (C=O) groups is 2. The molecule has 3 heterocycles. The topological polar surface area (TPSA) is 97.1 Å². The average molecular weight is 471 g/mol. The van der Waals surface area contributed by atoms with Crippen LogP contribution in [0.2, 0.25) is 0 Å². The van der Waals surface area contributed by atoms with Gasteiger partial charge in [0, 0.05) is 42.0 Å². The van der Waals surface area contributed by atoms with Gasteiger partial charge >= 0.3 is 6.09 Å². The summed E-state index contributed by atoms with van der Waals surface area (Å²) in [5.41, 5.74) is 2.33. The zero-order valence-electron chi connectivity index (χ0n) is 20.4. The minimum absolute atomic E-state index is 0.0144. The monoisotopic (exact) mass is 470 g/mol. The summed E-state index contributed by atoms with van der Waals surface area (Å²) in [5.74, 6) is 0.557. The van der Waals surface area contributed by atoms with Crippen LogP contribution in [0, 0.1) is 0 Å². The highest BCUT2D eigenvalue weighted by Gasteiger charge is 2.32. The number of benzene rings is 1. The summed E-state index contributed by atoms with van der Waals surface area (Å²) >= 11 is 0. The highest BCUT2D eigenvalue weighted by atomic mass is 16.5. The second-order valence-corrected chi connectivity index (χ2v) is 9.78. The van der Waals surface area contributed by atoms with Crippen LogP contribution in [0.15, 0.2) is 24.5 Å². The van der Waals surface area contributed by atoms with Crippen molar-refractivity contribution < 1.29 is 24.2 Å². The Morgan fingerprint density at radius 1 is 1.24 bits per heavy atom. The largest absolute Gasteiger partial charge is 0.483 e. The molecule has 1 fully saturated rings. The number of rotatable bonds is 6. The number of carbonyl (C=O) groups excluding carboxylic acids is 2. The van der Waals surface area contributed by atoms with Crippen molar-refractivity contribution in [3.05, 3.63) is 30.1 Å². The van der Waals surface area contributed by atoms with E-state index in [9.17, 15) is 14.7 Å². The Morgan fingerprint density at radius 2 is 1.97 bits per heavy atom. The van der Waals surface area contributed by atoms with Crippen molar-refractivity contribution in [1.82, 2.24) is 14.7 Å². The molecule has 1 N–H and O–H groups in total. The van der Waals surface area contributed by atoms with Crippen LogP contribution in [-0.2, 0) is 22.5 Å². The Bertz CT molecular complexity index is 1050. The van der Waals surface area contributed by atoms with Gasteiger partial charge in [0.05, 0.1) is 31.1 Å². The summed E-state index contributed by atoms with van der Waals surface area (Å²) in [6, 6.07) is 3.78. The first kappa shape index (κ1) is 24.1. The lowest BCUT2D eigenvalue weighted by Crippen LogP contribution is -2.42.